The van der Waals surface area contributed by atoms with Gasteiger partial charge < -0.3 is 34.9 Å². The molecule has 12 nitrogen and oxygen atoms in total. The molecule has 316 valence electrons. The lowest BCUT2D eigenvalue weighted by Crippen LogP contribution is -2.42. The summed E-state index contributed by atoms with van der Waals surface area (Å²) in [6.45, 7) is 8.93. The fraction of sp³-hybridized carbons (Fsp3) is 0.396. The minimum Gasteiger partial charge on any atom is -0.506 e. The van der Waals surface area contributed by atoms with Crippen LogP contribution in [-0.2, 0) is 27.2 Å². The second-order valence-corrected chi connectivity index (χ2v) is 16.4. The molecule has 12 heteroatoms. The lowest BCUT2D eigenvalue weighted by Gasteiger charge is -2.27. The number of rotatable bonds is 18. The predicted octanol–water partition coefficient (Wildman–Crippen LogP) is 6.87. The number of nitrogens with zero attached hydrogens (tertiary/aromatic N) is 2. The summed E-state index contributed by atoms with van der Waals surface area (Å²) >= 11 is 0. The molecule has 7 rings (SSSR count). The second kappa shape index (κ2) is 20.2. The van der Waals surface area contributed by atoms with Crippen LogP contribution in [0.25, 0.3) is 22.0 Å². The maximum atomic E-state index is 13.1. The molecule has 1 saturated carbocycles. The molecule has 5 aromatic rings. The Hall–Kier alpha value is -5.53. The number of benzene rings is 4. The first-order chi connectivity index (χ1) is 29.1. The van der Waals surface area contributed by atoms with E-state index in [1.54, 1.807) is 12.1 Å². The van der Waals surface area contributed by atoms with Crippen LogP contribution in [-0.4, -0.2) is 95.1 Å². The number of H-pyrrole nitrogens is 1. The highest BCUT2D eigenvalue weighted by Gasteiger charge is 2.42. The van der Waals surface area contributed by atoms with E-state index in [9.17, 15) is 24.6 Å². The number of phenols is 1. The Morgan fingerprint density at radius 2 is 1.65 bits per heavy atom. The van der Waals surface area contributed by atoms with Gasteiger partial charge in [0.2, 0.25) is 11.5 Å². The average Bonchev–Trinajstić information content (AvgIpc) is 3.79. The third-order valence-electron chi connectivity index (χ3n) is 11.8. The number of aliphatic hydroxyl groups is 1. The molecular weight excluding hydrogens is 759 g/mol. The van der Waals surface area contributed by atoms with E-state index >= 15 is 0 Å². The summed E-state index contributed by atoms with van der Waals surface area (Å²) in [5.74, 6) is 0.994. The van der Waals surface area contributed by atoms with E-state index in [0.29, 0.717) is 54.6 Å². The van der Waals surface area contributed by atoms with Crippen molar-refractivity contribution in [2.45, 2.75) is 64.3 Å². The molecule has 1 aliphatic heterocycles. The van der Waals surface area contributed by atoms with Crippen LogP contribution < -0.4 is 16.2 Å². The number of aromatic nitrogens is 1. The van der Waals surface area contributed by atoms with Gasteiger partial charge in [0.25, 0.3) is 0 Å². The molecule has 5 N–H and O–H groups in total. The summed E-state index contributed by atoms with van der Waals surface area (Å²) in [5, 5.41) is 27.8. The van der Waals surface area contributed by atoms with Crippen molar-refractivity contribution in [1.82, 2.24) is 20.1 Å². The Morgan fingerprint density at radius 3 is 2.43 bits per heavy atom. The minimum atomic E-state index is -0.872. The van der Waals surface area contributed by atoms with Gasteiger partial charge in [0.05, 0.1) is 36.9 Å². The van der Waals surface area contributed by atoms with E-state index in [-0.39, 0.29) is 42.3 Å². The summed E-state index contributed by atoms with van der Waals surface area (Å²) in [6.07, 6.45) is 1.48. The van der Waals surface area contributed by atoms with Crippen molar-refractivity contribution in [3.8, 4) is 16.9 Å². The molecule has 1 unspecified atom stereocenters. The number of likely N-dealkylation sites (tertiary alicyclic amines) is 1. The van der Waals surface area contributed by atoms with Crippen LogP contribution in [0.15, 0.2) is 108 Å². The van der Waals surface area contributed by atoms with Crippen LogP contribution in [0.2, 0.25) is 0 Å². The van der Waals surface area contributed by atoms with Gasteiger partial charge in [0.1, 0.15) is 11.9 Å². The number of aromatic hydroxyl groups is 1. The van der Waals surface area contributed by atoms with Crippen molar-refractivity contribution in [1.29, 1.82) is 0 Å². The Balaban J connectivity index is 0.782. The average molecular weight is 816 g/mol. The Labute approximate surface area is 351 Å². The van der Waals surface area contributed by atoms with Gasteiger partial charge in [-0.3, -0.25) is 19.8 Å². The van der Waals surface area contributed by atoms with Crippen molar-refractivity contribution in [2.75, 3.05) is 51.3 Å². The quantitative estimate of drug-likeness (QED) is 0.0596. The third-order valence-corrected chi connectivity index (χ3v) is 11.8. The number of para-hydroxylation sites is 1. The lowest BCUT2D eigenvalue weighted by atomic mass is 10.0. The summed E-state index contributed by atoms with van der Waals surface area (Å²) < 4.78 is 11.9. The number of carbonyl (C=O) groups excluding carboxylic acids is 2. The topological polar surface area (TPSA) is 156 Å². The molecule has 2 amide bonds. The van der Waals surface area contributed by atoms with Crippen LogP contribution in [0, 0.1) is 11.8 Å². The molecule has 0 bridgehead atoms. The van der Waals surface area contributed by atoms with Crippen LogP contribution in [0.5, 0.6) is 5.75 Å². The van der Waals surface area contributed by atoms with E-state index < -0.39 is 12.2 Å². The van der Waals surface area contributed by atoms with Gasteiger partial charge in [-0.2, -0.15) is 0 Å². The number of aromatic amines is 1. The zero-order chi connectivity index (χ0) is 42.0. The first-order valence-electron chi connectivity index (χ1n) is 21.1. The van der Waals surface area contributed by atoms with Crippen LogP contribution in [0.4, 0.5) is 10.5 Å². The van der Waals surface area contributed by atoms with Crippen molar-refractivity contribution >= 4 is 28.6 Å². The number of aliphatic hydroxyl groups excluding tert-OH is 1. The number of nitrogens with one attached hydrogen (secondary N) is 3. The van der Waals surface area contributed by atoms with Crippen LogP contribution in [0.3, 0.4) is 0 Å². The predicted molar refractivity (Wildman–Crippen MR) is 234 cm³/mol. The number of amides is 2. The molecule has 0 radical (unpaired) electrons. The SMILES string of the molecule is CC(C)N(CCNC[C@H](O)c1ccc(O)c2[nH]c(=O)ccc12)C(=O)CCOCCc1cccc(CN2C[C@H]3CC(OC(=O)Nc4ccccc4-c4ccccc4)C[C@H]3C2)c1. The number of hydrogen-bond acceptors (Lipinski definition) is 9. The van der Waals surface area contributed by atoms with Crippen molar-refractivity contribution in [3.05, 3.63) is 130 Å². The number of pyridine rings is 1. The summed E-state index contributed by atoms with van der Waals surface area (Å²) in [4.78, 5) is 44.8. The zero-order valence-corrected chi connectivity index (χ0v) is 34.5. The number of phenolic OH excluding ortho intramolecular Hbond substituents is 1. The number of fused-ring (bicyclic) bond motifs is 2. The molecular formula is C48H57N5O7. The van der Waals surface area contributed by atoms with Gasteiger partial charge in [-0.05, 0) is 85.4 Å². The summed E-state index contributed by atoms with van der Waals surface area (Å²) in [5.41, 5.74) is 5.79. The first kappa shape index (κ1) is 42.6. The van der Waals surface area contributed by atoms with Crippen molar-refractivity contribution in [2.24, 2.45) is 11.8 Å². The Kier molecular flexibility index (Phi) is 14.3. The highest BCUT2D eigenvalue weighted by Crippen LogP contribution is 2.40. The smallest absolute Gasteiger partial charge is 0.411 e. The second-order valence-electron chi connectivity index (χ2n) is 16.4. The fourth-order valence-corrected chi connectivity index (χ4v) is 8.82. The molecule has 1 saturated heterocycles. The van der Waals surface area contributed by atoms with Gasteiger partial charge in [0, 0.05) is 62.3 Å². The van der Waals surface area contributed by atoms with Crippen LogP contribution in [0.1, 0.15) is 55.9 Å². The van der Waals surface area contributed by atoms with Gasteiger partial charge in [-0.25, -0.2) is 4.79 Å². The largest absolute Gasteiger partial charge is 0.506 e. The van der Waals surface area contributed by atoms with Crippen molar-refractivity contribution < 1.29 is 29.3 Å². The van der Waals surface area contributed by atoms with Crippen molar-refractivity contribution in [3.63, 3.8) is 0 Å². The molecule has 1 aromatic heterocycles. The molecule has 2 heterocycles. The first-order valence-corrected chi connectivity index (χ1v) is 21.1. The standard InChI is InChI=1S/C48H57N5O7/c1-32(2)53(22-21-49-28-44(55)40-15-17-43(54)47-41(40)16-18-45(56)51-47)46(57)20-24-59-23-19-33-9-8-10-34(25-33)29-52-30-36-26-38(27-37(36)31-52)60-48(58)50-42-14-7-6-13-39(42)35-11-4-3-5-12-35/h3-18,25,32,36-38,44,49,54-55H,19-24,26-31H2,1-2H3,(H,50,58)(H,51,56)/t36-,37+,38?,44-/m0/s1. The molecule has 2 fully saturated rings. The van der Waals surface area contributed by atoms with Gasteiger partial charge in [0.15, 0.2) is 0 Å². The molecule has 60 heavy (non-hydrogen) atoms. The Morgan fingerprint density at radius 1 is 0.900 bits per heavy atom. The summed E-state index contributed by atoms with van der Waals surface area (Å²) in [6, 6.07) is 32.6. The van der Waals surface area contributed by atoms with E-state index in [4.69, 9.17) is 9.47 Å². The van der Waals surface area contributed by atoms with E-state index in [2.05, 4.69) is 44.8 Å². The highest BCUT2D eigenvalue weighted by atomic mass is 16.6. The minimum absolute atomic E-state index is 0.00962. The Bertz CT molecular complexity index is 2270. The van der Waals surface area contributed by atoms with E-state index in [1.165, 1.54) is 23.3 Å². The third kappa shape index (κ3) is 11.0. The highest BCUT2D eigenvalue weighted by molar-refractivity contribution is 5.91. The molecule has 4 atom stereocenters. The van der Waals surface area contributed by atoms with Crippen LogP contribution >= 0.6 is 0 Å². The summed E-state index contributed by atoms with van der Waals surface area (Å²) in [7, 11) is 0. The van der Waals surface area contributed by atoms with E-state index in [1.807, 2.05) is 73.3 Å². The number of hydrogen-bond donors (Lipinski definition) is 5. The zero-order valence-electron chi connectivity index (χ0n) is 34.5. The lowest BCUT2D eigenvalue weighted by molar-refractivity contribution is -0.134. The monoisotopic (exact) mass is 815 g/mol. The maximum absolute atomic E-state index is 13.1. The molecule has 2 aliphatic rings. The number of anilines is 1. The molecule has 0 spiro atoms. The molecule has 1 aliphatic carbocycles. The molecule has 4 aromatic carbocycles. The van der Waals surface area contributed by atoms with Gasteiger partial charge in [-0.15, -0.1) is 0 Å². The normalized spacial score (nSPS) is 18.1. The van der Waals surface area contributed by atoms with Gasteiger partial charge in [-0.1, -0.05) is 78.9 Å². The number of carbonyl (C=O) groups is 2. The van der Waals surface area contributed by atoms with E-state index in [0.717, 1.165) is 55.7 Å². The fourth-order valence-electron chi connectivity index (χ4n) is 8.82. The maximum Gasteiger partial charge on any atom is 0.411 e. The number of ether oxygens (including phenoxy) is 2. The van der Waals surface area contributed by atoms with Gasteiger partial charge >= 0.3 is 6.09 Å².